The number of hydrogen-bond donors (Lipinski definition) is 2. The van der Waals surface area contributed by atoms with Crippen molar-refractivity contribution in [2.75, 3.05) is 13.7 Å². The topological polar surface area (TPSA) is 80.0 Å². The van der Waals surface area contributed by atoms with Crippen molar-refractivity contribution in [2.24, 2.45) is 22.6 Å². The molecular formula is C22H36N4O2. The van der Waals surface area contributed by atoms with Crippen LogP contribution in [0.4, 0.5) is 0 Å². The van der Waals surface area contributed by atoms with E-state index < -0.39 is 5.54 Å². The summed E-state index contributed by atoms with van der Waals surface area (Å²) in [6.07, 6.45) is 16.3. The van der Waals surface area contributed by atoms with Crippen LogP contribution in [0.3, 0.4) is 0 Å². The first kappa shape index (κ1) is 20.9. The molecule has 0 aromatic carbocycles. The molecule has 2 atom stereocenters. The third-order valence-corrected chi connectivity index (χ3v) is 6.53. The van der Waals surface area contributed by atoms with E-state index >= 15 is 0 Å². The molecule has 0 saturated heterocycles. The average molecular weight is 389 g/mol. The Balaban J connectivity index is 1.69. The molecule has 6 heteroatoms. The highest BCUT2D eigenvalue weighted by atomic mass is 16.6. The summed E-state index contributed by atoms with van der Waals surface area (Å²) in [6, 6.07) is 0. The molecule has 2 aliphatic carbocycles. The van der Waals surface area contributed by atoms with Gasteiger partial charge in [-0.05, 0) is 50.4 Å². The van der Waals surface area contributed by atoms with E-state index in [2.05, 4.69) is 18.1 Å². The number of aliphatic imine (C=N–C) groups is 1. The lowest BCUT2D eigenvalue weighted by Crippen LogP contribution is -2.43. The van der Waals surface area contributed by atoms with E-state index in [1.807, 2.05) is 0 Å². The first-order valence-corrected chi connectivity index (χ1v) is 10.9. The molecule has 28 heavy (non-hydrogen) atoms. The van der Waals surface area contributed by atoms with Crippen molar-refractivity contribution in [3.8, 4) is 0 Å². The lowest BCUT2D eigenvalue weighted by Gasteiger charge is -2.32. The number of carbonyl (C=O) groups excluding carboxylic acids is 1. The van der Waals surface area contributed by atoms with E-state index in [0.717, 1.165) is 50.1 Å². The van der Waals surface area contributed by atoms with Crippen LogP contribution in [0.2, 0.25) is 0 Å². The predicted molar refractivity (Wildman–Crippen MR) is 112 cm³/mol. The van der Waals surface area contributed by atoms with Gasteiger partial charge in [-0.15, -0.1) is 6.58 Å². The van der Waals surface area contributed by atoms with Gasteiger partial charge in [-0.25, -0.2) is 4.99 Å². The zero-order valence-corrected chi connectivity index (χ0v) is 17.3. The molecule has 0 bridgehead atoms. The van der Waals surface area contributed by atoms with E-state index in [0.29, 0.717) is 18.5 Å². The van der Waals surface area contributed by atoms with Crippen LogP contribution in [0.5, 0.6) is 0 Å². The van der Waals surface area contributed by atoms with Gasteiger partial charge in [0, 0.05) is 12.7 Å². The van der Waals surface area contributed by atoms with Gasteiger partial charge in [0.2, 0.25) is 0 Å². The van der Waals surface area contributed by atoms with E-state index in [9.17, 15) is 4.79 Å². The van der Waals surface area contributed by atoms with E-state index in [4.69, 9.17) is 15.6 Å². The first-order valence-electron chi connectivity index (χ1n) is 10.9. The fourth-order valence-corrected chi connectivity index (χ4v) is 4.95. The normalized spacial score (nSPS) is 28.8. The maximum Gasteiger partial charge on any atom is 0.257 e. The monoisotopic (exact) mass is 388 g/mol. The van der Waals surface area contributed by atoms with Crippen molar-refractivity contribution in [1.29, 1.82) is 0 Å². The molecule has 1 fully saturated rings. The lowest BCUT2D eigenvalue weighted by atomic mass is 9.76. The molecule has 3 rings (SSSR count). The van der Waals surface area contributed by atoms with Crippen LogP contribution in [0.15, 0.2) is 29.4 Å². The smallest absolute Gasteiger partial charge is 0.257 e. The number of hydrogen-bond acceptors (Lipinski definition) is 5. The van der Waals surface area contributed by atoms with E-state index in [1.165, 1.54) is 32.1 Å². The van der Waals surface area contributed by atoms with Gasteiger partial charge >= 0.3 is 0 Å². The second-order valence-electron chi connectivity index (χ2n) is 8.66. The SMILES string of the molecule is C=CCONC1=C[C@H](C[C@@]2(CCC3CCCCC3)N=C(N)N(C)C2=O)CCC1. The molecule has 1 heterocycles. The fourth-order valence-electron chi connectivity index (χ4n) is 4.95. The standard InChI is InChI=1S/C22H36N4O2/c1-3-14-28-25-19-11-7-10-18(15-19)16-22(20(27)26(2)21(23)24-22)13-12-17-8-5-4-6-9-17/h3,15,17-18,25H,1,4-14,16H2,2H3,(H2,23,24)/t18-,22-/m1/s1. The van der Waals surface area contributed by atoms with Crippen molar-refractivity contribution in [1.82, 2.24) is 10.4 Å². The molecule has 0 aromatic heterocycles. The van der Waals surface area contributed by atoms with Gasteiger partial charge in [-0.2, -0.15) is 0 Å². The highest BCUT2D eigenvalue weighted by molar-refractivity contribution is 6.06. The molecule has 1 saturated carbocycles. The molecule has 1 aliphatic heterocycles. The largest absolute Gasteiger partial charge is 0.369 e. The van der Waals surface area contributed by atoms with Crippen LogP contribution < -0.4 is 11.2 Å². The van der Waals surface area contributed by atoms with Gasteiger partial charge < -0.3 is 5.73 Å². The number of carbonyl (C=O) groups is 1. The number of nitrogens with two attached hydrogens (primary N) is 1. The fraction of sp³-hybridized carbons (Fsp3) is 0.727. The molecule has 0 spiro atoms. The van der Waals surface area contributed by atoms with Gasteiger partial charge in [0.25, 0.3) is 5.91 Å². The summed E-state index contributed by atoms with van der Waals surface area (Å²) in [5.41, 5.74) is 9.50. The predicted octanol–water partition coefficient (Wildman–Crippen LogP) is 3.65. The summed E-state index contributed by atoms with van der Waals surface area (Å²) < 4.78 is 0. The molecule has 1 amide bonds. The molecule has 3 N–H and O–H groups in total. The van der Waals surface area contributed by atoms with Crippen molar-refractivity contribution < 1.29 is 9.63 Å². The lowest BCUT2D eigenvalue weighted by molar-refractivity contribution is -0.131. The molecule has 6 nitrogen and oxygen atoms in total. The zero-order valence-electron chi connectivity index (χ0n) is 17.3. The Morgan fingerprint density at radius 3 is 2.82 bits per heavy atom. The van der Waals surface area contributed by atoms with Crippen LogP contribution in [0.25, 0.3) is 0 Å². The Labute approximate surface area is 169 Å². The summed E-state index contributed by atoms with van der Waals surface area (Å²) in [6.45, 7) is 4.13. The number of likely N-dealkylation sites (N-methyl/N-ethyl adjacent to an activating group) is 1. The summed E-state index contributed by atoms with van der Waals surface area (Å²) in [7, 11) is 1.75. The van der Waals surface area contributed by atoms with Crippen molar-refractivity contribution >= 4 is 11.9 Å². The number of allylic oxidation sites excluding steroid dienone is 2. The van der Waals surface area contributed by atoms with Gasteiger partial charge in [0.15, 0.2) is 5.96 Å². The third-order valence-electron chi connectivity index (χ3n) is 6.53. The summed E-state index contributed by atoms with van der Waals surface area (Å²) >= 11 is 0. The Kier molecular flexibility index (Phi) is 7.16. The number of nitrogens with zero attached hydrogens (tertiary/aromatic N) is 2. The number of rotatable bonds is 9. The molecule has 156 valence electrons. The highest BCUT2D eigenvalue weighted by Gasteiger charge is 2.47. The number of nitrogens with one attached hydrogen (secondary N) is 1. The van der Waals surface area contributed by atoms with Crippen molar-refractivity contribution in [3.05, 3.63) is 24.4 Å². The van der Waals surface area contributed by atoms with Crippen LogP contribution in [0, 0.1) is 11.8 Å². The second-order valence-corrected chi connectivity index (χ2v) is 8.66. The van der Waals surface area contributed by atoms with Gasteiger partial charge in [-0.3, -0.25) is 20.0 Å². The number of guanidine groups is 1. The van der Waals surface area contributed by atoms with Gasteiger partial charge in [-0.1, -0.05) is 44.3 Å². The van der Waals surface area contributed by atoms with Crippen LogP contribution in [-0.4, -0.2) is 36.0 Å². The number of hydroxylamine groups is 1. The zero-order chi connectivity index (χ0) is 20.0. The van der Waals surface area contributed by atoms with Crippen molar-refractivity contribution in [2.45, 2.75) is 76.2 Å². The van der Waals surface area contributed by atoms with Crippen molar-refractivity contribution in [3.63, 3.8) is 0 Å². The summed E-state index contributed by atoms with van der Waals surface area (Å²) in [4.78, 5) is 24.8. The minimum atomic E-state index is -0.693. The minimum absolute atomic E-state index is 0.0669. The van der Waals surface area contributed by atoms with Crippen LogP contribution in [0.1, 0.15) is 70.6 Å². The number of amides is 1. The average Bonchev–Trinajstić information content (AvgIpc) is 2.92. The third kappa shape index (κ3) is 4.96. The Morgan fingerprint density at radius 2 is 2.14 bits per heavy atom. The highest BCUT2D eigenvalue weighted by Crippen LogP contribution is 2.39. The quantitative estimate of drug-likeness (QED) is 0.359. The van der Waals surface area contributed by atoms with E-state index in [1.54, 1.807) is 18.0 Å². The first-order chi connectivity index (χ1) is 13.5. The second kappa shape index (κ2) is 9.59. The Bertz CT molecular complexity index is 624. The molecule has 0 radical (unpaired) electrons. The van der Waals surface area contributed by atoms with E-state index in [-0.39, 0.29) is 5.91 Å². The maximum absolute atomic E-state index is 13.1. The molecule has 3 aliphatic rings. The maximum atomic E-state index is 13.1. The molecule has 0 unspecified atom stereocenters. The van der Waals surface area contributed by atoms with Gasteiger partial charge in [0.1, 0.15) is 5.54 Å². The Hall–Kier alpha value is -1.82. The summed E-state index contributed by atoms with van der Waals surface area (Å²) in [5.74, 6) is 1.47. The van der Waals surface area contributed by atoms with Crippen LogP contribution in [-0.2, 0) is 9.63 Å². The summed E-state index contributed by atoms with van der Waals surface area (Å²) in [5, 5.41) is 0. The molecule has 0 aromatic rings. The van der Waals surface area contributed by atoms with Gasteiger partial charge in [0.05, 0.1) is 6.61 Å². The Morgan fingerprint density at radius 1 is 1.36 bits per heavy atom. The van der Waals surface area contributed by atoms with Crippen LogP contribution >= 0.6 is 0 Å². The molecular weight excluding hydrogens is 352 g/mol. The minimum Gasteiger partial charge on any atom is -0.369 e.